The molecule has 2 aromatic carbocycles. The molecule has 0 radical (unpaired) electrons. The van der Waals surface area contributed by atoms with E-state index in [1.54, 1.807) is 54.7 Å². The zero-order valence-electron chi connectivity index (χ0n) is 16.6. The van der Waals surface area contributed by atoms with E-state index >= 15 is 0 Å². The Bertz CT molecular complexity index is 1140. The Hall–Kier alpha value is -3.93. The molecule has 0 saturated carbocycles. The maximum absolute atomic E-state index is 13.1. The van der Waals surface area contributed by atoms with Gasteiger partial charge in [0.25, 0.3) is 11.7 Å². The van der Waals surface area contributed by atoms with Gasteiger partial charge in [0.1, 0.15) is 11.5 Å². The third kappa shape index (κ3) is 3.22. The number of ketones is 1. The maximum atomic E-state index is 13.1. The van der Waals surface area contributed by atoms with Gasteiger partial charge < -0.3 is 9.84 Å². The number of aryl methyl sites for hydroxylation is 1. The van der Waals surface area contributed by atoms with E-state index in [1.165, 1.54) is 18.2 Å². The minimum Gasteiger partial charge on any atom is -0.507 e. The molecule has 6 nitrogen and oxygen atoms in total. The van der Waals surface area contributed by atoms with Crippen LogP contribution in [0, 0.1) is 6.92 Å². The molecule has 1 aliphatic heterocycles. The fourth-order valence-electron chi connectivity index (χ4n) is 3.65. The predicted molar refractivity (Wildman–Crippen MR) is 113 cm³/mol. The van der Waals surface area contributed by atoms with Gasteiger partial charge in [-0.15, -0.1) is 0 Å². The number of ether oxygens (including phenoxy) is 1. The van der Waals surface area contributed by atoms with Gasteiger partial charge in [-0.2, -0.15) is 0 Å². The number of amides is 1. The summed E-state index contributed by atoms with van der Waals surface area (Å²) in [7, 11) is 1.52. The van der Waals surface area contributed by atoms with Gasteiger partial charge in [-0.1, -0.05) is 48.0 Å². The first-order valence-corrected chi connectivity index (χ1v) is 9.44. The van der Waals surface area contributed by atoms with E-state index in [2.05, 4.69) is 4.98 Å². The molecule has 150 valence electrons. The number of para-hydroxylation sites is 1. The highest BCUT2D eigenvalue weighted by molar-refractivity contribution is 6.51. The number of benzene rings is 2. The van der Waals surface area contributed by atoms with Crippen LogP contribution >= 0.6 is 0 Å². The highest BCUT2D eigenvalue weighted by Gasteiger charge is 2.47. The van der Waals surface area contributed by atoms with E-state index in [-0.39, 0.29) is 11.3 Å². The first-order valence-electron chi connectivity index (χ1n) is 9.44. The smallest absolute Gasteiger partial charge is 0.300 e. The number of aliphatic hydroxyl groups is 1. The quantitative estimate of drug-likeness (QED) is 0.406. The summed E-state index contributed by atoms with van der Waals surface area (Å²) in [6, 6.07) is 16.8. The molecule has 0 aliphatic carbocycles. The number of Topliss-reactive ketones (excluding diaryl/α,β-unsaturated/α-hetero) is 1. The summed E-state index contributed by atoms with van der Waals surface area (Å²) in [5.74, 6) is -1.20. The molecule has 0 bridgehead atoms. The second kappa shape index (κ2) is 7.83. The van der Waals surface area contributed by atoms with Crippen molar-refractivity contribution in [3.63, 3.8) is 0 Å². The van der Waals surface area contributed by atoms with Crippen LogP contribution in [0.25, 0.3) is 5.76 Å². The molecule has 0 unspecified atom stereocenters. The second-order valence-corrected chi connectivity index (χ2v) is 6.99. The molecule has 6 heteroatoms. The van der Waals surface area contributed by atoms with E-state index < -0.39 is 17.7 Å². The first kappa shape index (κ1) is 19.4. The molecule has 4 rings (SSSR count). The van der Waals surface area contributed by atoms with Crippen molar-refractivity contribution in [2.24, 2.45) is 0 Å². The third-order valence-corrected chi connectivity index (χ3v) is 5.13. The Labute approximate surface area is 174 Å². The van der Waals surface area contributed by atoms with Crippen LogP contribution in [-0.2, 0) is 9.59 Å². The minimum atomic E-state index is -0.855. The van der Waals surface area contributed by atoms with Crippen LogP contribution in [0.3, 0.4) is 0 Å². The molecule has 1 atom stereocenters. The molecule has 1 fully saturated rings. The van der Waals surface area contributed by atoms with Gasteiger partial charge in [0.2, 0.25) is 0 Å². The van der Waals surface area contributed by atoms with Crippen molar-refractivity contribution in [1.82, 2.24) is 4.98 Å². The van der Waals surface area contributed by atoms with Gasteiger partial charge in [0.15, 0.2) is 0 Å². The highest BCUT2D eigenvalue weighted by Crippen LogP contribution is 2.44. The van der Waals surface area contributed by atoms with Crippen molar-refractivity contribution in [3.8, 4) is 5.75 Å². The summed E-state index contributed by atoms with van der Waals surface area (Å²) >= 11 is 0. The van der Waals surface area contributed by atoms with E-state index in [4.69, 9.17) is 4.74 Å². The van der Waals surface area contributed by atoms with Crippen molar-refractivity contribution >= 4 is 23.1 Å². The number of aliphatic hydroxyl groups excluding tert-OH is 1. The summed E-state index contributed by atoms with van der Waals surface area (Å²) in [4.78, 5) is 31.6. The lowest BCUT2D eigenvalue weighted by atomic mass is 9.94. The Balaban J connectivity index is 1.98. The van der Waals surface area contributed by atoms with E-state index in [1.807, 2.05) is 19.1 Å². The van der Waals surface area contributed by atoms with Crippen molar-refractivity contribution in [3.05, 3.63) is 95.3 Å². The van der Waals surface area contributed by atoms with Gasteiger partial charge in [0.05, 0.1) is 30.6 Å². The van der Waals surface area contributed by atoms with Crippen molar-refractivity contribution in [2.75, 3.05) is 12.0 Å². The average molecular weight is 400 g/mol. The molecule has 2 heterocycles. The van der Waals surface area contributed by atoms with Gasteiger partial charge in [-0.25, -0.2) is 0 Å². The molecule has 1 saturated heterocycles. The molecular formula is C24H20N2O4. The van der Waals surface area contributed by atoms with E-state index in [0.29, 0.717) is 22.6 Å². The normalized spacial score (nSPS) is 17.9. The summed E-state index contributed by atoms with van der Waals surface area (Å²) in [5, 5.41) is 11.1. The Morgan fingerprint density at radius 1 is 1.03 bits per heavy atom. The van der Waals surface area contributed by atoms with Crippen LogP contribution in [0.4, 0.5) is 5.69 Å². The largest absolute Gasteiger partial charge is 0.507 e. The van der Waals surface area contributed by atoms with Crippen LogP contribution in [0.2, 0.25) is 0 Å². The monoisotopic (exact) mass is 400 g/mol. The Morgan fingerprint density at radius 2 is 1.77 bits per heavy atom. The SMILES string of the molecule is COc1ccccc1[C@@H]1C(=C(O)c2ccc(C)cc2)C(=O)C(=O)N1c1cccnc1. The zero-order chi connectivity index (χ0) is 21.3. The number of hydrogen-bond donors (Lipinski definition) is 1. The number of aromatic nitrogens is 1. The number of carbonyl (C=O) groups is 2. The highest BCUT2D eigenvalue weighted by atomic mass is 16.5. The van der Waals surface area contributed by atoms with Crippen molar-refractivity contribution in [1.29, 1.82) is 0 Å². The van der Waals surface area contributed by atoms with Gasteiger partial charge in [-0.3, -0.25) is 19.5 Å². The zero-order valence-corrected chi connectivity index (χ0v) is 16.6. The Morgan fingerprint density at radius 3 is 2.43 bits per heavy atom. The predicted octanol–water partition coefficient (Wildman–Crippen LogP) is 4.02. The molecule has 1 N–H and O–H groups in total. The van der Waals surface area contributed by atoms with Gasteiger partial charge in [-0.05, 0) is 25.1 Å². The average Bonchev–Trinajstić information content (AvgIpc) is 3.04. The number of rotatable bonds is 4. The van der Waals surface area contributed by atoms with Crippen LogP contribution in [0.5, 0.6) is 5.75 Å². The topological polar surface area (TPSA) is 79.7 Å². The second-order valence-electron chi connectivity index (χ2n) is 6.99. The lowest BCUT2D eigenvalue weighted by Gasteiger charge is -2.26. The van der Waals surface area contributed by atoms with Gasteiger partial charge >= 0.3 is 0 Å². The molecule has 1 aliphatic rings. The summed E-state index contributed by atoms with van der Waals surface area (Å²) in [6.45, 7) is 1.93. The van der Waals surface area contributed by atoms with Crippen LogP contribution < -0.4 is 9.64 Å². The van der Waals surface area contributed by atoms with Crippen LogP contribution in [-0.4, -0.2) is 28.9 Å². The third-order valence-electron chi connectivity index (χ3n) is 5.13. The summed E-state index contributed by atoms with van der Waals surface area (Å²) < 4.78 is 5.49. The van der Waals surface area contributed by atoms with Crippen LogP contribution in [0.1, 0.15) is 22.7 Å². The molecule has 30 heavy (non-hydrogen) atoms. The standard InChI is InChI=1S/C24H20N2O4/c1-15-9-11-16(12-10-15)22(27)20-21(18-7-3-4-8-19(18)30-2)26(24(29)23(20)28)17-6-5-13-25-14-17/h3-14,21,27H,1-2H3/t21-/m1/s1. The maximum Gasteiger partial charge on any atom is 0.300 e. The first-order chi connectivity index (χ1) is 14.5. The van der Waals surface area contributed by atoms with Crippen LogP contribution in [0.15, 0.2) is 78.6 Å². The molecule has 3 aromatic rings. The lowest BCUT2D eigenvalue weighted by Crippen LogP contribution is -2.29. The number of hydrogen-bond acceptors (Lipinski definition) is 5. The summed E-state index contributed by atoms with van der Waals surface area (Å²) in [5.41, 5.74) is 2.54. The fraction of sp³-hybridized carbons (Fsp3) is 0.125. The van der Waals surface area contributed by atoms with E-state index in [9.17, 15) is 14.7 Å². The molecule has 1 amide bonds. The molecular weight excluding hydrogens is 380 g/mol. The number of nitrogens with zero attached hydrogens (tertiary/aromatic N) is 2. The summed E-state index contributed by atoms with van der Waals surface area (Å²) in [6.07, 6.45) is 3.10. The minimum absolute atomic E-state index is 0.0113. The van der Waals surface area contributed by atoms with Crippen molar-refractivity contribution in [2.45, 2.75) is 13.0 Å². The number of anilines is 1. The number of carbonyl (C=O) groups excluding carboxylic acids is 2. The van der Waals surface area contributed by atoms with Gasteiger partial charge in [0, 0.05) is 17.3 Å². The molecule has 1 aromatic heterocycles. The number of methoxy groups -OCH3 is 1. The van der Waals surface area contributed by atoms with E-state index in [0.717, 1.165) is 5.56 Å². The number of pyridine rings is 1. The lowest BCUT2D eigenvalue weighted by molar-refractivity contribution is -0.132. The molecule has 0 spiro atoms. The fourth-order valence-corrected chi connectivity index (χ4v) is 3.65. The van der Waals surface area contributed by atoms with Crippen molar-refractivity contribution < 1.29 is 19.4 Å². The Kier molecular flexibility index (Phi) is 5.06.